The van der Waals surface area contributed by atoms with Gasteiger partial charge in [-0.05, 0) is 73.2 Å². The van der Waals surface area contributed by atoms with Crippen molar-refractivity contribution in [3.05, 3.63) is 91.0 Å². The fourth-order valence-corrected chi connectivity index (χ4v) is 6.90. The summed E-state index contributed by atoms with van der Waals surface area (Å²) in [7, 11) is -8.71. The van der Waals surface area contributed by atoms with Gasteiger partial charge in [0.05, 0.1) is 70.6 Å². The van der Waals surface area contributed by atoms with Crippen LogP contribution in [0.2, 0.25) is 0 Å². The topological polar surface area (TPSA) is 311 Å². The van der Waals surface area contributed by atoms with Crippen LogP contribution in [0.25, 0.3) is 0 Å². The second-order valence-corrected chi connectivity index (χ2v) is 16.3. The summed E-state index contributed by atoms with van der Waals surface area (Å²) < 4.78 is 80.1. The molecule has 1 unspecified atom stereocenters. The predicted molar refractivity (Wildman–Crippen MR) is 211 cm³/mol. The molecule has 310 valence electrons. The third-order valence-electron chi connectivity index (χ3n) is 7.48. The molecule has 0 amide bonds. The molecule has 0 spiro atoms. The molecule has 0 bridgehead atoms. The van der Waals surface area contributed by atoms with Crippen molar-refractivity contribution in [1.29, 1.82) is 0 Å². The molecule has 6 rings (SSSR count). The summed E-state index contributed by atoms with van der Waals surface area (Å²) in [5, 5.41) is 45.8. The van der Waals surface area contributed by atoms with E-state index in [4.69, 9.17) is 15.3 Å². The molecule has 1 aromatic heterocycles. The van der Waals surface area contributed by atoms with E-state index in [1.54, 1.807) is 84.9 Å². The molecule has 1 atom stereocenters. The third-order valence-corrected chi connectivity index (χ3v) is 10.6. The van der Waals surface area contributed by atoms with Crippen molar-refractivity contribution in [3.8, 4) is 5.75 Å². The molecule has 27 heteroatoms. The predicted octanol–water partition coefficient (Wildman–Crippen LogP) is 7.74. The number of aromatic nitrogens is 3. The largest absolute Gasteiger partial charge is 0.491 e. The summed E-state index contributed by atoms with van der Waals surface area (Å²) in [6, 6.07) is 24.7. The number of hydrogen-bond donors (Lipinski definition) is 6. The highest BCUT2D eigenvalue weighted by Crippen LogP contribution is 2.36. The lowest BCUT2D eigenvalue weighted by molar-refractivity contribution is -0.432. The Bertz CT molecular complexity index is 2520. The van der Waals surface area contributed by atoms with Gasteiger partial charge < -0.3 is 20.3 Å². The average Bonchev–Trinajstić information content (AvgIpc) is 4.03. The van der Waals surface area contributed by atoms with Crippen molar-refractivity contribution in [1.82, 2.24) is 15.0 Å². The van der Waals surface area contributed by atoms with Crippen LogP contribution >= 0.6 is 24.1 Å². The molecule has 23 nitrogen and oxygen atoms in total. The van der Waals surface area contributed by atoms with Crippen LogP contribution in [-0.2, 0) is 39.0 Å². The van der Waals surface area contributed by atoms with Crippen molar-refractivity contribution in [2.45, 2.75) is 21.6 Å². The first kappa shape index (κ1) is 43.2. The van der Waals surface area contributed by atoms with Crippen LogP contribution < -0.4 is 20.3 Å². The van der Waals surface area contributed by atoms with Gasteiger partial charge in [-0.3, -0.25) is 9.11 Å². The van der Waals surface area contributed by atoms with Crippen molar-refractivity contribution >= 4 is 96.3 Å². The minimum Gasteiger partial charge on any atom is -0.491 e. The molecule has 6 N–H and O–H groups in total. The van der Waals surface area contributed by atoms with Crippen LogP contribution in [0.4, 0.5) is 52.0 Å². The van der Waals surface area contributed by atoms with Crippen LogP contribution in [0, 0.1) is 0 Å². The quantitative estimate of drug-likeness (QED) is 0.00780. The van der Waals surface area contributed by atoms with Gasteiger partial charge in [-0.1, -0.05) is 28.3 Å². The molecule has 1 aliphatic rings. The number of azo groups is 2. The van der Waals surface area contributed by atoms with Gasteiger partial charge in [-0.15, -0.1) is 13.8 Å². The number of ether oxygens (including phenoxy) is 1. The Hall–Kier alpha value is -5.43. The Labute approximate surface area is 343 Å². The Kier molecular flexibility index (Phi) is 14.6. The third kappa shape index (κ3) is 13.3. The highest BCUT2D eigenvalue weighted by Gasteiger charge is 2.46. The summed E-state index contributed by atoms with van der Waals surface area (Å²) in [6.45, 7) is -0.234. The Balaban J connectivity index is 1.25. The van der Waals surface area contributed by atoms with Gasteiger partial charge in [0.2, 0.25) is 17.8 Å². The lowest BCUT2D eigenvalue weighted by Crippen LogP contribution is -2.15. The summed E-state index contributed by atoms with van der Waals surface area (Å²) in [4.78, 5) is 15.5. The summed E-state index contributed by atoms with van der Waals surface area (Å²) in [5.74, 6) is -0.617. The van der Waals surface area contributed by atoms with Crippen molar-refractivity contribution in [2.24, 2.45) is 20.5 Å². The van der Waals surface area contributed by atoms with Gasteiger partial charge in [0.15, 0.2) is 5.37 Å². The minimum atomic E-state index is -4.46. The Morgan fingerprint density at radius 3 is 2.14 bits per heavy atom. The first-order valence-corrected chi connectivity index (χ1v) is 21.1. The molecule has 2 heterocycles. The molecular formula is C32H30N10O13S4. The van der Waals surface area contributed by atoms with Gasteiger partial charge in [0.25, 0.3) is 20.2 Å². The van der Waals surface area contributed by atoms with E-state index in [0.29, 0.717) is 38.2 Å². The van der Waals surface area contributed by atoms with E-state index >= 15 is 0 Å². The van der Waals surface area contributed by atoms with Crippen LogP contribution in [-0.4, -0.2) is 75.7 Å². The maximum absolute atomic E-state index is 11.9. The zero-order chi connectivity index (χ0) is 41.8. The first-order chi connectivity index (χ1) is 28.4. The van der Waals surface area contributed by atoms with E-state index in [1.807, 2.05) is 0 Å². The second-order valence-electron chi connectivity index (χ2n) is 11.7. The van der Waals surface area contributed by atoms with Crippen LogP contribution in [0.15, 0.2) is 121 Å². The standard InChI is InChI=1S/C32H30N10O13S4/c43-52-54-56-24-6-3-5-22(17-24)39-40-23-13-14-25(27(18-23)51-15-4-16-58(45,46)47)34-31-35-30(36-32(37-31)42-19-29(42)59(48,49)50)33-20-9-11-21(12-10-20)38-41-26-7-1-2-8-28(26)57-55-53-44/h1-3,5-14,17-18,29,43-44H,4,15-16,19H2,(H,45,46,47)(H,48,49,50)(H2,33,34,35,36,37). The van der Waals surface area contributed by atoms with E-state index in [-0.39, 0.29) is 48.9 Å². The highest BCUT2D eigenvalue weighted by atomic mass is 32.2. The molecule has 1 fully saturated rings. The van der Waals surface area contributed by atoms with Gasteiger partial charge in [0, 0.05) is 16.6 Å². The number of hydrogen-bond acceptors (Lipinski definition) is 23. The molecule has 1 saturated heterocycles. The summed E-state index contributed by atoms with van der Waals surface area (Å²) in [6.07, 6.45) is -0.0639. The fourth-order valence-electron chi connectivity index (χ4n) is 4.81. The molecule has 5 aromatic rings. The molecule has 1 aliphatic heterocycles. The van der Waals surface area contributed by atoms with Gasteiger partial charge in [-0.2, -0.15) is 47.1 Å². The second kappa shape index (κ2) is 20.0. The van der Waals surface area contributed by atoms with E-state index in [9.17, 15) is 25.9 Å². The molecule has 4 aromatic carbocycles. The van der Waals surface area contributed by atoms with Gasteiger partial charge in [-0.25, -0.2) is 10.5 Å². The number of nitrogens with one attached hydrogen (secondary N) is 2. The monoisotopic (exact) mass is 890 g/mol. The lowest BCUT2D eigenvalue weighted by atomic mass is 10.2. The zero-order valence-corrected chi connectivity index (χ0v) is 33.0. The summed E-state index contributed by atoms with van der Waals surface area (Å²) >= 11 is 1.48. The number of benzene rings is 4. The van der Waals surface area contributed by atoms with E-state index in [1.165, 1.54) is 11.0 Å². The Morgan fingerprint density at radius 1 is 0.746 bits per heavy atom. The SMILES string of the molecule is O=S(=O)(O)CCCOc1cc(N=Nc2cccc(SOOO)c2)ccc1Nc1nc(Nc2ccc(N=Nc3ccccc3SOOO)cc2)nc(N2CC2S(=O)(=O)O)n1. The maximum atomic E-state index is 11.9. The number of nitrogens with zero attached hydrogens (tertiary/aromatic N) is 8. The molecular weight excluding hydrogens is 861 g/mol. The zero-order valence-electron chi connectivity index (χ0n) is 29.7. The van der Waals surface area contributed by atoms with Crippen LogP contribution in [0.5, 0.6) is 5.75 Å². The Morgan fingerprint density at radius 2 is 1.42 bits per heavy atom. The van der Waals surface area contributed by atoms with Gasteiger partial charge in [0.1, 0.15) is 11.4 Å². The molecule has 0 radical (unpaired) electrons. The average molecular weight is 891 g/mol. The highest BCUT2D eigenvalue weighted by molar-refractivity contribution is 7.94. The van der Waals surface area contributed by atoms with Crippen molar-refractivity contribution < 1.29 is 59.9 Å². The normalized spacial score (nSPS) is 14.2. The fraction of sp³-hybridized carbons (Fsp3) is 0.156. The van der Waals surface area contributed by atoms with E-state index in [2.05, 4.69) is 64.8 Å². The minimum absolute atomic E-state index is 0.0256. The molecule has 59 heavy (non-hydrogen) atoms. The van der Waals surface area contributed by atoms with E-state index in [0.717, 1.165) is 24.1 Å². The van der Waals surface area contributed by atoms with Crippen molar-refractivity contribution in [3.63, 3.8) is 0 Å². The molecule has 0 saturated carbocycles. The molecule has 0 aliphatic carbocycles. The van der Waals surface area contributed by atoms with E-state index < -0.39 is 31.4 Å². The maximum Gasteiger partial charge on any atom is 0.288 e. The smallest absolute Gasteiger partial charge is 0.288 e. The number of rotatable bonds is 21. The van der Waals surface area contributed by atoms with Crippen molar-refractivity contribution in [2.75, 3.05) is 34.4 Å². The van der Waals surface area contributed by atoms with Crippen LogP contribution in [0.3, 0.4) is 0 Å². The lowest BCUT2D eigenvalue weighted by Gasteiger charge is -2.15. The first-order valence-electron chi connectivity index (χ1n) is 16.5. The summed E-state index contributed by atoms with van der Waals surface area (Å²) in [5.41, 5.74) is 2.40. The number of anilines is 5. The van der Waals surface area contributed by atoms with Crippen LogP contribution in [0.1, 0.15) is 6.42 Å². The van der Waals surface area contributed by atoms with Gasteiger partial charge >= 0.3 is 0 Å².